The van der Waals surface area contributed by atoms with Crippen LogP contribution in [0.2, 0.25) is 0 Å². The topological polar surface area (TPSA) is 43.1 Å². The van der Waals surface area contributed by atoms with Gasteiger partial charge in [-0.2, -0.15) is 0 Å². The molecule has 0 radical (unpaired) electrons. The summed E-state index contributed by atoms with van der Waals surface area (Å²) in [5, 5.41) is 13.5. The molecule has 0 N–H and O–H groups in total. The van der Waals surface area contributed by atoms with Gasteiger partial charge in [0.25, 0.3) is 5.70 Å². The number of hydrogen-bond donors (Lipinski definition) is 0. The molecule has 0 bridgehead atoms. The summed E-state index contributed by atoms with van der Waals surface area (Å²) in [7, 11) is 0. The van der Waals surface area contributed by atoms with Gasteiger partial charge in [-0.25, -0.2) is 0 Å². The van der Waals surface area contributed by atoms with Crippen LogP contribution in [0.3, 0.4) is 0 Å². The van der Waals surface area contributed by atoms with Crippen LogP contribution in [0.25, 0.3) is 22.5 Å². The highest BCUT2D eigenvalue weighted by molar-refractivity contribution is 5.94. The van der Waals surface area contributed by atoms with Crippen LogP contribution in [0, 0.1) is 10.1 Å². The van der Waals surface area contributed by atoms with Gasteiger partial charge in [0.2, 0.25) is 0 Å². The van der Waals surface area contributed by atoms with Crippen molar-refractivity contribution >= 4 is 22.5 Å². The van der Waals surface area contributed by atoms with Gasteiger partial charge in [0.15, 0.2) is 0 Å². The normalized spacial score (nSPS) is 11.5. The van der Waals surface area contributed by atoms with E-state index in [9.17, 15) is 10.1 Å². The third-order valence-electron chi connectivity index (χ3n) is 3.38. The Hall–Kier alpha value is -2.94. The maximum atomic E-state index is 11.4. The molecule has 102 valence electrons. The molecule has 3 rings (SSSR count). The van der Waals surface area contributed by atoms with Crippen molar-refractivity contribution in [3.63, 3.8) is 0 Å². The molecule has 0 aliphatic heterocycles. The van der Waals surface area contributed by atoms with Crippen LogP contribution in [0.15, 0.2) is 72.8 Å². The highest BCUT2D eigenvalue weighted by atomic mass is 16.6. The number of hydrogen-bond acceptors (Lipinski definition) is 2. The maximum Gasteiger partial charge on any atom is 0.277 e. The fourth-order valence-corrected chi connectivity index (χ4v) is 2.37. The van der Waals surface area contributed by atoms with E-state index in [1.54, 1.807) is 30.3 Å². The lowest BCUT2D eigenvalue weighted by Gasteiger charge is -2.03. The lowest BCUT2D eigenvalue weighted by molar-refractivity contribution is -0.374. The lowest BCUT2D eigenvalue weighted by Crippen LogP contribution is -1.97. The summed E-state index contributed by atoms with van der Waals surface area (Å²) in [5.41, 5.74) is 1.56. The molecule has 0 amide bonds. The molecule has 0 atom stereocenters. The zero-order chi connectivity index (χ0) is 14.7. The van der Waals surface area contributed by atoms with Gasteiger partial charge >= 0.3 is 0 Å². The van der Waals surface area contributed by atoms with Gasteiger partial charge < -0.3 is 0 Å². The lowest BCUT2D eigenvalue weighted by atomic mass is 10.0. The van der Waals surface area contributed by atoms with Crippen LogP contribution in [0.1, 0.15) is 11.1 Å². The van der Waals surface area contributed by atoms with Gasteiger partial charge in [-0.3, -0.25) is 10.1 Å². The average molecular weight is 275 g/mol. The Labute approximate surface area is 122 Å². The van der Waals surface area contributed by atoms with Crippen LogP contribution in [0.4, 0.5) is 0 Å². The van der Waals surface area contributed by atoms with E-state index in [-0.39, 0.29) is 10.6 Å². The molecule has 3 nitrogen and oxygen atoms in total. The van der Waals surface area contributed by atoms with Crippen LogP contribution in [0.5, 0.6) is 0 Å². The summed E-state index contributed by atoms with van der Waals surface area (Å²) in [4.78, 5) is 11.0. The first-order valence-electron chi connectivity index (χ1n) is 6.65. The average Bonchev–Trinajstić information content (AvgIpc) is 2.53. The van der Waals surface area contributed by atoms with Gasteiger partial charge in [0, 0.05) is 6.08 Å². The van der Waals surface area contributed by atoms with Crippen molar-refractivity contribution in [2.24, 2.45) is 0 Å². The van der Waals surface area contributed by atoms with E-state index in [1.165, 1.54) is 0 Å². The van der Waals surface area contributed by atoms with Crippen molar-refractivity contribution in [1.82, 2.24) is 0 Å². The first-order valence-corrected chi connectivity index (χ1v) is 6.65. The summed E-state index contributed by atoms with van der Waals surface area (Å²) >= 11 is 0. The molecule has 0 spiro atoms. The molecular weight excluding hydrogens is 262 g/mol. The molecular formula is C18H13NO2. The summed E-state index contributed by atoms with van der Waals surface area (Å²) in [6.45, 7) is 0. The number of fused-ring (bicyclic) bond motifs is 1. The Bertz CT molecular complexity index is 818. The van der Waals surface area contributed by atoms with Crippen molar-refractivity contribution in [3.05, 3.63) is 94.0 Å². The van der Waals surface area contributed by atoms with Crippen molar-refractivity contribution in [2.75, 3.05) is 0 Å². The molecule has 0 saturated carbocycles. The predicted octanol–water partition coefficient (Wildman–Crippen LogP) is 4.61. The minimum atomic E-state index is -0.336. The smallest absolute Gasteiger partial charge is 0.258 e. The molecule has 3 aromatic carbocycles. The molecule has 0 aromatic heterocycles. The summed E-state index contributed by atoms with van der Waals surface area (Å²) in [5.74, 6) is 0. The van der Waals surface area contributed by atoms with Crippen LogP contribution >= 0.6 is 0 Å². The van der Waals surface area contributed by atoms with E-state index in [0.717, 1.165) is 16.3 Å². The number of nitrogens with zero attached hydrogens (tertiary/aromatic N) is 1. The van der Waals surface area contributed by atoms with Gasteiger partial charge in [0.1, 0.15) is 0 Å². The van der Waals surface area contributed by atoms with E-state index in [2.05, 4.69) is 0 Å². The minimum absolute atomic E-state index is 0.104. The van der Waals surface area contributed by atoms with Crippen LogP contribution in [-0.4, -0.2) is 4.92 Å². The first kappa shape index (κ1) is 13.1. The highest BCUT2D eigenvalue weighted by Gasteiger charge is 2.14. The van der Waals surface area contributed by atoms with Crippen molar-refractivity contribution < 1.29 is 4.92 Å². The fourth-order valence-electron chi connectivity index (χ4n) is 2.37. The van der Waals surface area contributed by atoms with E-state index < -0.39 is 0 Å². The Morgan fingerprint density at radius 3 is 2.29 bits per heavy atom. The van der Waals surface area contributed by atoms with E-state index in [1.807, 2.05) is 48.5 Å². The largest absolute Gasteiger partial charge is 0.277 e. The van der Waals surface area contributed by atoms with Crippen molar-refractivity contribution in [3.8, 4) is 0 Å². The predicted molar refractivity (Wildman–Crippen MR) is 85.3 cm³/mol. The summed E-state index contributed by atoms with van der Waals surface area (Å²) < 4.78 is 0. The van der Waals surface area contributed by atoms with Crippen molar-refractivity contribution in [1.29, 1.82) is 0 Å². The Kier molecular flexibility index (Phi) is 3.48. The Balaban J connectivity index is 2.19. The second kappa shape index (κ2) is 5.59. The molecule has 0 unspecified atom stereocenters. The standard InChI is InChI=1S/C18H13NO2/c20-19(21)18(15-8-2-1-3-9-15)13-16-11-6-10-14-7-4-5-12-17(14)16/h1-13H. The van der Waals surface area contributed by atoms with Gasteiger partial charge in [-0.1, -0.05) is 60.7 Å². The SMILES string of the molecule is O=[N+]([O-])C(=Cc1cccc2ccccc12)c1ccccc1. The maximum absolute atomic E-state index is 11.4. The highest BCUT2D eigenvalue weighted by Crippen LogP contribution is 2.24. The molecule has 21 heavy (non-hydrogen) atoms. The van der Waals surface area contributed by atoms with Gasteiger partial charge in [-0.15, -0.1) is 0 Å². The number of rotatable bonds is 3. The van der Waals surface area contributed by atoms with Crippen molar-refractivity contribution in [2.45, 2.75) is 0 Å². The Morgan fingerprint density at radius 1 is 0.857 bits per heavy atom. The van der Waals surface area contributed by atoms with Gasteiger partial charge in [0.05, 0.1) is 10.5 Å². The zero-order valence-electron chi connectivity index (χ0n) is 11.3. The second-order valence-corrected chi connectivity index (χ2v) is 4.72. The van der Waals surface area contributed by atoms with E-state index >= 15 is 0 Å². The quantitative estimate of drug-likeness (QED) is 0.398. The molecule has 3 aromatic rings. The monoisotopic (exact) mass is 275 g/mol. The fraction of sp³-hybridized carbons (Fsp3) is 0. The zero-order valence-corrected chi connectivity index (χ0v) is 11.3. The van der Waals surface area contributed by atoms with E-state index in [0.29, 0.717) is 5.56 Å². The Morgan fingerprint density at radius 2 is 1.52 bits per heavy atom. The number of benzene rings is 3. The molecule has 0 saturated heterocycles. The summed E-state index contributed by atoms with van der Waals surface area (Å²) in [6, 6.07) is 22.6. The third-order valence-corrected chi connectivity index (χ3v) is 3.38. The number of nitro groups is 1. The molecule has 0 aliphatic rings. The van der Waals surface area contributed by atoms with Gasteiger partial charge in [-0.05, 0) is 28.5 Å². The first-order chi connectivity index (χ1) is 10.3. The van der Waals surface area contributed by atoms with E-state index in [4.69, 9.17) is 0 Å². The van der Waals surface area contributed by atoms with Crippen LogP contribution < -0.4 is 0 Å². The van der Waals surface area contributed by atoms with Crippen LogP contribution in [-0.2, 0) is 0 Å². The molecule has 3 heteroatoms. The molecule has 0 heterocycles. The third kappa shape index (κ3) is 2.67. The minimum Gasteiger partial charge on any atom is -0.258 e. The molecule has 0 aliphatic carbocycles. The summed E-state index contributed by atoms with van der Waals surface area (Å²) in [6.07, 6.45) is 1.64. The molecule has 0 fully saturated rings. The second-order valence-electron chi connectivity index (χ2n) is 4.72.